The molecule has 0 aliphatic heterocycles. The molecular formula is C12H22N2O5. The number of hydrogen-bond donors (Lipinski definition) is 2. The van der Waals surface area contributed by atoms with E-state index in [9.17, 15) is 14.4 Å². The van der Waals surface area contributed by atoms with Crippen LogP contribution in [-0.4, -0.2) is 61.1 Å². The summed E-state index contributed by atoms with van der Waals surface area (Å²) in [5.41, 5.74) is 0. The van der Waals surface area contributed by atoms with Gasteiger partial charge in [0.25, 0.3) is 0 Å². The first kappa shape index (κ1) is 17.4. The molecule has 0 aromatic heterocycles. The summed E-state index contributed by atoms with van der Waals surface area (Å²) in [4.78, 5) is 35.1. The van der Waals surface area contributed by atoms with Gasteiger partial charge in [0.05, 0.1) is 6.54 Å². The molecule has 0 aliphatic rings. The first-order valence-electron chi connectivity index (χ1n) is 6.17. The van der Waals surface area contributed by atoms with E-state index in [0.717, 1.165) is 12.8 Å². The van der Waals surface area contributed by atoms with Crippen molar-refractivity contribution in [1.82, 2.24) is 10.2 Å². The molecule has 0 rings (SSSR count). The Morgan fingerprint density at radius 2 is 2.00 bits per heavy atom. The molecule has 0 aliphatic carbocycles. The SMILES string of the molecule is CCCC[C@H](NC(=O)CN(C)C(=O)COC)C(=O)O. The van der Waals surface area contributed by atoms with Gasteiger partial charge in [-0.15, -0.1) is 0 Å². The Bertz CT molecular complexity index is 319. The van der Waals surface area contributed by atoms with E-state index in [-0.39, 0.29) is 19.1 Å². The highest BCUT2D eigenvalue weighted by atomic mass is 16.5. The molecule has 0 saturated heterocycles. The molecule has 0 saturated carbocycles. The van der Waals surface area contributed by atoms with Crippen molar-refractivity contribution in [2.75, 3.05) is 27.3 Å². The number of ether oxygens (including phenoxy) is 1. The lowest BCUT2D eigenvalue weighted by Gasteiger charge is -2.19. The molecule has 0 bridgehead atoms. The van der Waals surface area contributed by atoms with Crippen molar-refractivity contribution >= 4 is 17.8 Å². The number of likely N-dealkylation sites (N-methyl/N-ethyl adjacent to an activating group) is 1. The predicted molar refractivity (Wildman–Crippen MR) is 68.6 cm³/mol. The molecular weight excluding hydrogens is 252 g/mol. The quantitative estimate of drug-likeness (QED) is 0.609. The predicted octanol–water partition coefficient (Wildman–Crippen LogP) is -0.149. The highest BCUT2D eigenvalue weighted by molar-refractivity contribution is 5.88. The lowest BCUT2D eigenvalue weighted by atomic mass is 10.1. The zero-order valence-electron chi connectivity index (χ0n) is 11.6. The third-order valence-corrected chi connectivity index (χ3v) is 2.55. The number of carboxylic acid groups (broad SMARTS) is 1. The van der Waals surface area contributed by atoms with Crippen LogP contribution >= 0.6 is 0 Å². The van der Waals surface area contributed by atoms with Crippen molar-refractivity contribution < 1.29 is 24.2 Å². The fraction of sp³-hybridized carbons (Fsp3) is 0.750. The summed E-state index contributed by atoms with van der Waals surface area (Å²) in [6, 6.07) is -0.904. The van der Waals surface area contributed by atoms with E-state index in [4.69, 9.17) is 5.11 Å². The third kappa shape index (κ3) is 7.40. The lowest BCUT2D eigenvalue weighted by Crippen LogP contribution is -2.46. The number of nitrogens with one attached hydrogen (secondary N) is 1. The molecule has 0 unspecified atom stereocenters. The van der Waals surface area contributed by atoms with Gasteiger partial charge in [-0.2, -0.15) is 0 Å². The molecule has 1 atom stereocenters. The molecule has 0 aromatic rings. The Labute approximate surface area is 112 Å². The van der Waals surface area contributed by atoms with Crippen molar-refractivity contribution in [1.29, 1.82) is 0 Å². The van der Waals surface area contributed by atoms with Crippen LogP contribution in [0.5, 0.6) is 0 Å². The molecule has 0 heterocycles. The summed E-state index contributed by atoms with van der Waals surface area (Å²) >= 11 is 0. The number of carboxylic acids is 1. The van der Waals surface area contributed by atoms with Crippen LogP contribution in [-0.2, 0) is 19.1 Å². The summed E-state index contributed by atoms with van der Waals surface area (Å²) < 4.78 is 4.66. The van der Waals surface area contributed by atoms with E-state index in [1.54, 1.807) is 0 Å². The maximum atomic E-state index is 11.6. The zero-order valence-corrected chi connectivity index (χ0v) is 11.6. The second kappa shape index (κ2) is 9.32. The maximum absolute atomic E-state index is 11.6. The number of carbonyl (C=O) groups is 3. The molecule has 110 valence electrons. The van der Waals surface area contributed by atoms with Crippen molar-refractivity contribution in [2.45, 2.75) is 32.2 Å². The van der Waals surface area contributed by atoms with Crippen LogP contribution in [0.25, 0.3) is 0 Å². The number of aliphatic carboxylic acids is 1. The fourth-order valence-electron chi connectivity index (χ4n) is 1.44. The topological polar surface area (TPSA) is 95.9 Å². The number of methoxy groups -OCH3 is 1. The van der Waals surface area contributed by atoms with Crippen molar-refractivity contribution in [2.24, 2.45) is 0 Å². The van der Waals surface area contributed by atoms with Crippen LogP contribution in [0.3, 0.4) is 0 Å². The molecule has 0 aromatic carbocycles. The highest BCUT2D eigenvalue weighted by Crippen LogP contribution is 2.01. The van der Waals surface area contributed by atoms with E-state index in [1.807, 2.05) is 6.92 Å². The van der Waals surface area contributed by atoms with Gasteiger partial charge >= 0.3 is 5.97 Å². The first-order chi connectivity index (χ1) is 8.92. The molecule has 7 heteroatoms. The normalized spacial score (nSPS) is 11.7. The van der Waals surface area contributed by atoms with E-state index in [1.165, 1.54) is 19.1 Å². The molecule has 0 fully saturated rings. The molecule has 7 nitrogen and oxygen atoms in total. The van der Waals surface area contributed by atoms with Crippen molar-refractivity contribution in [3.63, 3.8) is 0 Å². The van der Waals surface area contributed by atoms with Crippen LogP contribution in [0.15, 0.2) is 0 Å². The van der Waals surface area contributed by atoms with E-state index in [0.29, 0.717) is 6.42 Å². The highest BCUT2D eigenvalue weighted by Gasteiger charge is 2.20. The minimum Gasteiger partial charge on any atom is -0.480 e. The Balaban J connectivity index is 4.25. The number of nitrogens with zero attached hydrogens (tertiary/aromatic N) is 1. The van der Waals surface area contributed by atoms with Gasteiger partial charge < -0.3 is 20.1 Å². The number of rotatable bonds is 9. The summed E-state index contributed by atoms with van der Waals surface area (Å²) in [6.07, 6.45) is 1.95. The van der Waals surface area contributed by atoms with Gasteiger partial charge in [0.1, 0.15) is 12.6 Å². The summed E-state index contributed by atoms with van der Waals surface area (Å²) in [5.74, 6) is -1.89. The van der Waals surface area contributed by atoms with E-state index < -0.39 is 17.9 Å². The van der Waals surface area contributed by atoms with Crippen LogP contribution < -0.4 is 5.32 Å². The first-order valence-corrected chi connectivity index (χ1v) is 6.17. The fourth-order valence-corrected chi connectivity index (χ4v) is 1.44. The minimum atomic E-state index is -1.06. The largest absolute Gasteiger partial charge is 0.480 e. The Morgan fingerprint density at radius 1 is 1.37 bits per heavy atom. The zero-order chi connectivity index (χ0) is 14.8. The lowest BCUT2D eigenvalue weighted by molar-refractivity contribution is -0.143. The van der Waals surface area contributed by atoms with E-state index in [2.05, 4.69) is 10.1 Å². The van der Waals surface area contributed by atoms with Gasteiger partial charge in [-0.05, 0) is 6.42 Å². The Morgan fingerprint density at radius 3 is 2.47 bits per heavy atom. The number of carbonyl (C=O) groups excluding carboxylic acids is 2. The smallest absolute Gasteiger partial charge is 0.326 e. The van der Waals surface area contributed by atoms with Crippen LogP contribution in [0.1, 0.15) is 26.2 Å². The second-order valence-electron chi connectivity index (χ2n) is 4.28. The standard InChI is InChI=1S/C12H22N2O5/c1-4-5-6-9(12(17)18)13-10(15)7-14(2)11(16)8-19-3/h9H,4-8H2,1-3H3,(H,13,15)(H,17,18)/t9-/m0/s1. The Hall–Kier alpha value is -1.63. The second-order valence-corrected chi connectivity index (χ2v) is 4.28. The van der Waals surface area contributed by atoms with E-state index >= 15 is 0 Å². The van der Waals surface area contributed by atoms with Crippen molar-refractivity contribution in [3.05, 3.63) is 0 Å². The average molecular weight is 274 g/mol. The maximum Gasteiger partial charge on any atom is 0.326 e. The number of hydrogen-bond acceptors (Lipinski definition) is 4. The number of unbranched alkanes of at least 4 members (excludes halogenated alkanes) is 1. The molecule has 0 radical (unpaired) electrons. The summed E-state index contributed by atoms with van der Waals surface area (Å²) in [6.45, 7) is 1.65. The summed E-state index contributed by atoms with van der Waals surface area (Å²) in [7, 11) is 2.85. The third-order valence-electron chi connectivity index (χ3n) is 2.55. The van der Waals surface area contributed by atoms with Gasteiger partial charge in [-0.1, -0.05) is 19.8 Å². The van der Waals surface area contributed by atoms with Gasteiger partial charge in [0, 0.05) is 14.2 Å². The van der Waals surface area contributed by atoms with Gasteiger partial charge in [-0.3, -0.25) is 9.59 Å². The molecule has 2 amide bonds. The average Bonchev–Trinajstić information content (AvgIpc) is 2.34. The molecule has 19 heavy (non-hydrogen) atoms. The van der Waals surface area contributed by atoms with Crippen LogP contribution in [0.4, 0.5) is 0 Å². The molecule has 2 N–H and O–H groups in total. The van der Waals surface area contributed by atoms with Crippen molar-refractivity contribution in [3.8, 4) is 0 Å². The van der Waals surface area contributed by atoms with Crippen LogP contribution in [0, 0.1) is 0 Å². The monoisotopic (exact) mass is 274 g/mol. The number of amides is 2. The molecule has 0 spiro atoms. The van der Waals surface area contributed by atoms with Crippen LogP contribution in [0.2, 0.25) is 0 Å². The van der Waals surface area contributed by atoms with Gasteiger partial charge in [-0.25, -0.2) is 4.79 Å². The van der Waals surface area contributed by atoms with Gasteiger partial charge in [0.2, 0.25) is 11.8 Å². The Kier molecular flexibility index (Phi) is 8.52. The van der Waals surface area contributed by atoms with Gasteiger partial charge in [0.15, 0.2) is 0 Å². The summed E-state index contributed by atoms with van der Waals surface area (Å²) in [5, 5.41) is 11.4. The minimum absolute atomic E-state index is 0.109.